The maximum Gasteiger partial charge on any atom is 0.416 e. The van der Waals surface area contributed by atoms with Crippen molar-refractivity contribution < 1.29 is 35.2 Å². The van der Waals surface area contributed by atoms with E-state index >= 15 is 0 Å². The quantitative estimate of drug-likeness (QED) is 0.395. The smallest absolute Gasteiger partial charge is 0.385 e. The summed E-state index contributed by atoms with van der Waals surface area (Å²) < 4.78 is 90.7. The summed E-state index contributed by atoms with van der Waals surface area (Å²) in [4.78, 5) is 12.0. The lowest BCUT2D eigenvalue weighted by molar-refractivity contribution is -0.137. The number of nitrogens with one attached hydrogen (secondary N) is 3. The van der Waals surface area contributed by atoms with Crippen molar-refractivity contribution in [2.75, 3.05) is 22.8 Å². The van der Waals surface area contributed by atoms with E-state index in [0.29, 0.717) is 12.1 Å². The number of sulfonamides is 1. The number of carbonyl (C=O) groups excluding carboxylic acids is 1. The number of hydrogen-bond donors (Lipinski definition) is 3. The van der Waals surface area contributed by atoms with Crippen molar-refractivity contribution in [1.82, 2.24) is 5.32 Å². The molecule has 2 aromatic carbocycles. The van der Waals surface area contributed by atoms with Crippen molar-refractivity contribution >= 4 is 33.4 Å². The minimum atomic E-state index is -4.51. The summed E-state index contributed by atoms with van der Waals surface area (Å²) in [6.45, 7) is 1.79. The van der Waals surface area contributed by atoms with Gasteiger partial charge in [0.1, 0.15) is 5.69 Å². The molecule has 0 aliphatic heterocycles. The van der Waals surface area contributed by atoms with Gasteiger partial charge >= 0.3 is 6.18 Å². The Morgan fingerprint density at radius 3 is 2.25 bits per heavy atom. The van der Waals surface area contributed by atoms with Crippen molar-refractivity contribution in [3.05, 3.63) is 64.7 Å². The summed E-state index contributed by atoms with van der Waals surface area (Å²) in [6.07, 6.45) is -1.41. The van der Waals surface area contributed by atoms with Crippen LogP contribution in [0.3, 0.4) is 0 Å². The molecule has 1 amide bonds. The molecule has 174 valence electrons. The zero-order chi connectivity index (χ0) is 24.1. The molecular weight excluding hydrogens is 457 g/mol. The lowest BCUT2D eigenvalue weighted by atomic mass is 10.1. The molecule has 0 saturated carbocycles. The first-order chi connectivity index (χ1) is 14.8. The minimum absolute atomic E-state index is 0.0312. The zero-order valence-corrected chi connectivity index (χ0v) is 17.8. The van der Waals surface area contributed by atoms with Crippen LogP contribution >= 0.6 is 0 Å². The number of carbonyl (C=O) groups is 1. The van der Waals surface area contributed by atoms with Gasteiger partial charge in [0.25, 0.3) is 0 Å². The first kappa shape index (κ1) is 25.1. The first-order valence-corrected chi connectivity index (χ1v) is 11.1. The van der Waals surface area contributed by atoms with Crippen LogP contribution < -0.4 is 15.4 Å². The van der Waals surface area contributed by atoms with E-state index in [9.17, 15) is 35.2 Å². The largest absolute Gasteiger partial charge is 0.416 e. The Morgan fingerprint density at radius 2 is 1.72 bits per heavy atom. The molecule has 0 saturated heterocycles. The van der Waals surface area contributed by atoms with Gasteiger partial charge in [0.05, 0.1) is 11.8 Å². The summed E-state index contributed by atoms with van der Waals surface area (Å²) in [5.41, 5.74) is -1.12. The van der Waals surface area contributed by atoms with Gasteiger partial charge in [-0.25, -0.2) is 17.2 Å². The normalized spacial score (nSPS) is 12.1. The molecule has 0 aliphatic carbocycles. The summed E-state index contributed by atoms with van der Waals surface area (Å²) in [6, 6.07) is 4.75. The van der Waals surface area contributed by atoms with Gasteiger partial charge in [0.2, 0.25) is 15.9 Å². The third kappa shape index (κ3) is 7.22. The van der Waals surface area contributed by atoms with Gasteiger partial charge in [0.15, 0.2) is 11.6 Å². The maximum absolute atomic E-state index is 14.0. The molecule has 3 N–H and O–H groups in total. The monoisotopic (exact) mass is 477 g/mol. The number of hydrogen-bond acceptors (Lipinski definition) is 4. The Labute approximate surface area is 181 Å². The molecule has 2 rings (SSSR count). The molecular formula is C20H20F5N3O3S. The van der Waals surface area contributed by atoms with Crippen molar-refractivity contribution in [2.24, 2.45) is 0 Å². The Hall–Kier alpha value is -3.15. The summed E-state index contributed by atoms with van der Waals surface area (Å²) in [5, 5.41) is 5.17. The molecule has 0 aromatic heterocycles. The molecule has 0 bridgehead atoms. The molecule has 0 fully saturated rings. The summed E-state index contributed by atoms with van der Waals surface area (Å²) in [5.74, 6) is -2.97. The Kier molecular flexibility index (Phi) is 7.83. The van der Waals surface area contributed by atoms with Crippen LogP contribution in [-0.2, 0) is 27.5 Å². The number of anilines is 2. The minimum Gasteiger partial charge on any atom is -0.385 e. The molecule has 0 atom stereocenters. The van der Waals surface area contributed by atoms with Crippen molar-refractivity contribution in [1.29, 1.82) is 0 Å². The second kappa shape index (κ2) is 9.98. The molecule has 6 nitrogen and oxygen atoms in total. The van der Waals surface area contributed by atoms with Gasteiger partial charge in [0, 0.05) is 24.9 Å². The van der Waals surface area contributed by atoms with E-state index in [4.69, 9.17) is 0 Å². The third-order valence-electron chi connectivity index (χ3n) is 4.02. The van der Waals surface area contributed by atoms with E-state index in [1.54, 1.807) is 11.6 Å². The highest BCUT2D eigenvalue weighted by molar-refractivity contribution is 7.92. The molecule has 12 heteroatoms. The van der Waals surface area contributed by atoms with Crippen molar-refractivity contribution in [2.45, 2.75) is 19.6 Å². The van der Waals surface area contributed by atoms with Gasteiger partial charge in [-0.15, -0.1) is 0 Å². The van der Waals surface area contributed by atoms with Crippen LogP contribution in [0.2, 0.25) is 0 Å². The highest BCUT2D eigenvalue weighted by Crippen LogP contribution is 2.32. The Bertz CT molecular complexity index is 1110. The fourth-order valence-electron chi connectivity index (χ4n) is 2.65. The van der Waals surface area contributed by atoms with Gasteiger partial charge in [-0.1, -0.05) is 6.07 Å². The van der Waals surface area contributed by atoms with E-state index in [1.165, 1.54) is 12.1 Å². The third-order valence-corrected chi connectivity index (χ3v) is 4.59. The fourth-order valence-corrected chi connectivity index (χ4v) is 3.21. The summed E-state index contributed by atoms with van der Waals surface area (Å²) >= 11 is 0. The predicted octanol–water partition coefficient (Wildman–Crippen LogP) is 4.12. The number of halogens is 5. The fraction of sp³-hybridized carbons (Fsp3) is 0.250. The average molecular weight is 477 g/mol. The SMILES string of the molecule is CCNc1cc(C(F)(F)F)ccc1/C=C\C(=O)NCc1cc(F)c(NS(C)(=O)=O)c(F)c1. The van der Waals surface area contributed by atoms with E-state index in [0.717, 1.165) is 36.6 Å². The van der Waals surface area contributed by atoms with Crippen molar-refractivity contribution in [3.63, 3.8) is 0 Å². The molecule has 0 unspecified atom stereocenters. The van der Waals surface area contributed by atoms with E-state index in [-0.39, 0.29) is 17.8 Å². The lowest BCUT2D eigenvalue weighted by Crippen LogP contribution is -2.21. The van der Waals surface area contributed by atoms with Crippen LogP contribution in [0.15, 0.2) is 36.4 Å². The van der Waals surface area contributed by atoms with Crippen LogP contribution in [-0.4, -0.2) is 27.1 Å². The van der Waals surface area contributed by atoms with E-state index in [1.807, 2.05) is 0 Å². The zero-order valence-electron chi connectivity index (χ0n) is 17.0. The number of amides is 1. The second-order valence-corrected chi connectivity index (χ2v) is 8.44. The Morgan fingerprint density at radius 1 is 1.09 bits per heavy atom. The van der Waals surface area contributed by atoms with Gasteiger partial charge in [-0.05, 0) is 48.4 Å². The topological polar surface area (TPSA) is 87.3 Å². The number of rotatable bonds is 8. The van der Waals surface area contributed by atoms with Gasteiger partial charge < -0.3 is 10.6 Å². The molecule has 0 radical (unpaired) electrons. The average Bonchev–Trinajstić information content (AvgIpc) is 2.67. The number of benzene rings is 2. The van der Waals surface area contributed by atoms with Crippen LogP contribution in [0.5, 0.6) is 0 Å². The molecule has 0 heterocycles. The second-order valence-electron chi connectivity index (χ2n) is 6.69. The van der Waals surface area contributed by atoms with Crippen LogP contribution in [0.25, 0.3) is 6.08 Å². The van der Waals surface area contributed by atoms with Gasteiger partial charge in [-0.3, -0.25) is 9.52 Å². The molecule has 0 aliphatic rings. The first-order valence-electron chi connectivity index (χ1n) is 9.17. The molecule has 2 aromatic rings. The van der Waals surface area contributed by atoms with Crippen LogP contribution in [0, 0.1) is 11.6 Å². The van der Waals surface area contributed by atoms with Crippen molar-refractivity contribution in [3.8, 4) is 0 Å². The predicted molar refractivity (Wildman–Crippen MR) is 111 cm³/mol. The highest BCUT2D eigenvalue weighted by atomic mass is 32.2. The van der Waals surface area contributed by atoms with E-state index < -0.39 is 45.0 Å². The molecule has 0 spiro atoms. The molecule has 32 heavy (non-hydrogen) atoms. The standard InChI is InChI=1S/C20H20F5N3O3S/c1-3-26-17-10-14(20(23,24)25)6-4-13(17)5-7-18(29)27-11-12-8-15(21)19(16(22)9-12)28-32(2,30)31/h4-10,26,28H,3,11H2,1-2H3,(H,27,29)/b7-5-. The summed E-state index contributed by atoms with van der Waals surface area (Å²) in [7, 11) is -3.89. The lowest BCUT2D eigenvalue weighted by Gasteiger charge is -2.12. The van der Waals surface area contributed by atoms with Crippen LogP contribution in [0.1, 0.15) is 23.6 Å². The van der Waals surface area contributed by atoms with E-state index in [2.05, 4.69) is 10.6 Å². The number of alkyl halides is 3. The Balaban J connectivity index is 2.10. The maximum atomic E-state index is 14.0. The van der Waals surface area contributed by atoms with Crippen LogP contribution in [0.4, 0.5) is 33.3 Å². The highest BCUT2D eigenvalue weighted by Gasteiger charge is 2.30. The van der Waals surface area contributed by atoms with Gasteiger partial charge in [-0.2, -0.15) is 13.2 Å².